The number of hydrogen-bond donors (Lipinski definition) is 1. The molecule has 0 aliphatic carbocycles. The number of pyridine rings is 1. The molecule has 1 aromatic carbocycles. The Hall–Kier alpha value is -1.85. The van der Waals surface area contributed by atoms with E-state index in [1.807, 2.05) is 6.07 Å². The lowest BCUT2D eigenvalue weighted by Crippen LogP contribution is -2.12. The Labute approximate surface area is 112 Å². The quantitative estimate of drug-likeness (QED) is 0.776. The van der Waals surface area contributed by atoms with Crippen LogP contribution in [0, 0.1) is 11.6 Å². The highest BCUT2D eigenvalue weighted by molar-refractivity contribution is 7.19. The minimum absolute atomic E-state index is 0.287. The average Bonchev–Trinajstić information content (AvgIpc) is 2.81. The summed E-state index contributed by atoms with van der Waals surface area (Å²) in [7, 11) is 0. The second-order valence-electron chi connectivity index (χ2n) is 4.21. The third kappa shape index (κ3) is 2.22. The van der Waals surface area contributed by atoms with Crippen LogP contribution in [0.15, 0.2) is 42.7 Å². The van der Waals surface area contributed by atoms with Gasteiger partial charge in [0.05, 0.1) is 12.2 Å². The second kappa shape index (κ2) is 4.68. The Balaban J connectivity index is 2.07. The van der Waals surface area contributed by atoms with Crippen LogP contribution in [0.3, 0.4) is 0 Å². The van der Waals surface area contributed by atoms with Gasteiger partial charge in [-0.25, -0.2) is 8.78 Å². The summed E-state index contributed by atoms with van der Waals surface area (Å²) in [4.78, 5) is 4.50. The summed E-state index contributed by atoms with van der Waals surface area (Å²) in [5.41, 5.74) is 6.46. The van der Waals surface area contributed by atoms with Crippen LogP contribution >= 0.6 is 11.3 Å². The highest BCUT2D eigenvalue weighted by Crippen LogP contribution is 2.32. The molecule has 96 valence electrons. The first-order chi connectivity index (χ1) is 9.15. The maximum absolute atomic E-state index is 13.6. The highest BCUT2D eigenvalue weighted by Gasteiger charge is 2.16. The molecule has 1 atom stereocenters. The lowest BCUT2D eigenvalue weighted by molar-refractivity contribution is 0.594. The Kier molecular flexibility index (Phi) is 3.00. The van der Waals surface area contributed by atoms with Crippen LogP contribution in [-0.2, 0) is 0 Å². The van der Waals surface area contributed by atoms with Crippen molar-refractivity contribution in [3.63, 3.8) is 0 Å². The SMILES string of the molecule is NC(c1cc2ccc(F)cc2s1)c1ccncc1F. The molecule has 1 unspecified atom stereocenters. The number of rotatable bonds is 2. The lowest BCUT2D eigenvalue weighted by atomic mass is 10.1. The van der Waals surface area contributed by atoms with E-state index in [0.717, 1.165) is 21.2 Å². The van der Waals surface area contributed by atoms with Crippen molar-refractivity contribution in [2.75, 3.05) is 0 Å². The maximum Gasteiger partial charge on any atom is 0.146 e. The van der Waals surface area contributed by atoms with Crippen molar-refractivity contribution in [2.24, 2.45) is 5.73 Å². The van der Waals surface area contributed by atoms with Gasteiger partial charge >= 0.3 is 0 Å². The number of halogens is 2. The van der Waals surface area contributed by atoms with Gasteiger partial charge in [-0.2, -0.15) is 0 Å². The van der Waals surface area contributed by atoms with Crippen molar-refractivity contribution in [1.29, 1.82) is 0 Å². The first-order valence-corrected chi connectivity index (χ1v) is 6.51. The van der Waals surface area contributed by atoms with Gasteiger partial charge in [0.2, 0.25) is 0 Å². The summed E-state index contributed by atoms with van der Waals surface area (Å²) in [5.74, 6) is -0.719. The van der Waals surface area contributed by atoms with E-state index in [4.69, 9.17) is 5.73 Å². The van der Waals surface area contributed by atoms with Crippen LogP contribution in [0.5, 0.6) is 0 Å². The van der Waals surface area contributed by atoms with E-state index in [1.165, 1.54) is 29.7 Å². The summed E-state index contributed by atoms with van der Waals surface area (Å²) < 4.78 is 27.6. The minimum atomic E-state index is -0.566. The number of hydrogen-bond acceptors (Lipinski definition) is 3. The number of nitrogens with zero attached hydrogens (tertiary/aromatic N) is 1. The van der Waals surface area contributed by atoms with Crippen LogP contribution < -0.4 is 5.73 Å². The van der Waals surface area contributed by atoms with Crippen molar-refractivity contribution >= 4 is 21.4 Å². The Morgan fingerprint density at radius 3 is 2.79 bits per heavy atom. The molecule has 0 saturated heterocycles. The number of nitrogens with two attached hydrogens (primary N) is 1. The molecule has 5 heteroatoms. The molecule has 3 rings (SSSR count). The molecule has 0 spiro atoms. The van der Waals surface area contributed by atoms with Gasteiger partial charge in [0.25, 0.3) is 0 Å². The molecule has 0 saturated carbocycles. The molecule has 0 fully saturated rings. The van der Waals surface area contributed by atoms with Crippen molar-refractivity contribution in [3.05, 3.63) is 64.8 Å². The summed E-state index contributed by atoms with van der Waals surface area (Å²) in [5, 5.41) is 0.909. The van der Waals surface area contributed by atoms with E-state index in [0.29, 0.717) is 5.56 Å². The zero-order valence-corrected chi connectivity index (χ0v) is 10.6. The maximum atomic E-state index is 13.6. The number of benzene rings is 1. The fourth-order valence-electron chi connectivity index (χ4n) is 1.97. The molecule has 0 aliphatic rings. The van der Waals surface area contributed by atoms with Gasteiger partial charge in [0, 0.05) is 21.3 Å². The molecule has 2 heterocycles. The van der Waals surface area contributed by atoms with E-state index in [2.05, 4.69) is 4.98 Å². The largest absolute Gasteiger partial charge is 0.320 e. The normalized spacial score (nSPS) is 12.8. The molecule has 0 aliphatic heterocycles. The van der Waals surface area contributed by atoms with E-state index in [1.54, 1.807) is 12.1 Å². The van der Waals surface area contributed by atoms with Crippen LogP contribution in [-0.4, -0.2) is 4.98 Å². The zero-order valence-electron chi connectivity index (χ0n) is 9.81. The molecular formula is C14H10F2N2S. The van der Waals surface area contributed by atoms with E-state index in [-0.39, 0.29) is 5.82 Å². The molecule has 2 aromatic heterocycles. The van der Waals surface area contributed by atoms with Gasteiger partial charge < -0.3 is 5.73 Å². The fourth-order valence-corrected chi connectivity index (χ4v) is 3.08. The van der Waals surface area contributed by atoms with E-state index in [9.17, 15) is 8.78 Å². The Morgan fingerprint density at radius 2 is 2.00 bits per heavy atom. The van der Waals surface area contributed by atoms with E-state index >= 15 is 0 Å². The standard InChI is InChI=1S/C14H10F2N2S/c15-9-2-1-8-5-13(19-12(8)6-9)14(17)10-3-4-18-7-11(10)16/h1-7,14H,17H2. The Morgan fingerprint density at radius 1 is 1.16 bits per heavy atom. The molecule has 2 nitrogen and oxygen atoms in total. The number of fused-ring (bicyclic) bond motifs is 1. The topological polar surface area (TPSA) is 38.9 Å². The fraction of sp³-hybridized carbons (Fsp3) is 0.0714. The number of thiophene rings is 1. The monoisotopic (exact) mass is 276 g/mol. The third-order valence-corrected chi connectivity index (χ3v) is 4.13. The first kappa shape index (κ1) is 12.2. The van der Waals surface area contributed by atoms with Crippen molar-refractivity contribution in [3.8, 4) is 0 Å². The minimum Gasteiger partial charge on any atom is -0.320 e. The van der Waals surface area contributed by atoms with Gasteiger partial charge in [-0.1, -0.05) is 6.07 Å². The van der Waals surface area contributed by atoms with Crippen molar-refractivity contribution in [1.82, 2.24) is 4.98 Å². The van der Waals surface area contributed by atoms with Gasteiger partial charge in [-0.3, -0.25) is 4.98 Å². The summed E-state index contributed by atoms with van der Waals surface area (Å²) >= 11 is 1.37. The predicted molar refractivity (Wildman–Crippen MR) is 72.0 cm³/mol. The molecular weight excluding hydrogens is 266 g/mol. The van der Waals surface area contributed by atoms with Crippen LogP contribution in [0.2, 0.25) is 0 Å². The van der Waals surface area contributed by atoms with Gasteiger partial charge in [-0.15, -0.1) is 11.3 Å². The summed E-state index contributed by atoms with van der Waals surface area (Å²) in [6.45, 7) is 0. The predicted octanol–water partition coefficient (Wildman–Crippen LogP) is 3.62. The summed E-state index contributed by atoms with van der Waals surface area (Å²) in [6.07, 6.45) is 2.65. The lowest BCUT2D eigenvalue weighted by Gasteiger charge is -2.09. The molecule has 3 aromatic rings. The smallest absolute Gasteiger partial charge is 0.146 e. The Bertz CT molecular complexity index is 739. The van der Waals surface area contributed by atoms with Crippen LogP contribution in [0.1, 0.15) is 16.5 Å². The molecule has 0 amide bonds. The third-order valence-electron chi connectivity index (χ3n) is 2.95. The van der Waals surface area contributed by atoms with Crippen LogP contribution in [0.4, 0.5) is 8.78 Å². The van der Waals surface area contributed by atoms with Gasteiger partial charge in [0.1, 0.15) is 11.6 Å². The van der Waals surface area contributed by atoms with E-state index < -0.39 is 11.9 Å². The van der Waals surface area contributed by atoms with Gasteiger partial charge in [-0.05, 0) is 29.7 Å². The summed E-state index contributed by atoms with van der Waals surface area (Å²) in [6, 6.07) is 7.41. The van der Waals surface area contributed by atoms with Gasteiger partial charge in [0.15, 0.2) is 0 Å². The molecule has 19 heavy (non-hydrogen) atoms. The second-order valence-corrected chi connectivity index (χ2v) is 5.32. The molecule has 0 radical (unpaired) electrons. The molecule has 2 N–H and O–H groups in total. The van der Waals surface area contributed by atoms with Crippen molar-refractivity contribution in [2.45, 2.75) is 6.04 Å². The average molecular weight is 276 g/mol. The highest BCUT2D eigenvalue weighted by atomic mass is 32.1. The zero-order chi connectivity index (χ0) is 13.4. The first-order valence-electron chi connectivity index (χ1n) is 5.69. The van der Waals surface area contributed by atoms with Crippen LogP contribution in [0.25, 0.3) is 10.1 Å². The number of aromatic nitrogens is 1. The molecule has 0 bridgehead atoms. The van der Waals surface area contributed by atoms with Crippen molar-refractivity contribution < 1.29 is 8.78 Å².